The highest BCUT2D eigenvalue weighted by atomic mass is 16.1. The van der Waals surface area contributed by atoms with Crippen molar-refractivity contribution in [3.8, 4) is 0 Å². The van der Waals surface area contributed by atoms with Crippen LogP contribution in [-0.2, 0) is 4.79 Å². The zero-order chi connectivity index (χ0) is 9.84. The van der Waals surface area contributed by atoms with E-state index in [4.69, 9.17) is 5.73 Å². The SMILES string of the molecule is CC(C)C(=O)Nc1cccc(N)c1. The second-order valence-corrected chi connectivity index (χ2v) is 3.27. The molecule has 1 amide bonds. The molecule has 0 heterocycles. The summed E-state index contributed by atoms with van der Waals surface area (Å²) < 4.78 is 0. The fraction of sp³-hybridized carbons (Fsp3) is 0.300. The smallest absolute Gasteiger partial charge is 0.226 e. The Hall–Kier alpha value is -1.51. The van der Waals surface area contributed by atoms with Crippen molar-refractivity contribution in [2.24, 2.45) is 5.92 Å². The van der Waals surface area contributed by atoms with E-state index in [1.165, 1.54) is 0 Å². The molecule has 0 fully saturated rings. The summed E-state index contributed by atoms with van der Waals surface area (Å²) in [6.45, 7) is 3.70. The number of nitrogens with one attached hydrogen (secondary N) is 1. The second-order valence-electron chi connectivity index (χ2n) is 3.27. The maximum absolute atomic E-state index is 11.3. The average Bonchev–Trinajstić information content (AvgIpc) is 2.04. The number of anilines is 2. The largest absolute Gasteiger partial charge is 0.399 e. The van der Waals surface area contributed by atoms with Crippen LogP contribution in [-0.4, -0.2) is 5.91 Å². The van der Waals surface area contributed by atoms with E-state index in [1.54, 1.807) is 12.1 Å². The minimum absolute atomic E-state index is 0.00519. The molecule has 1 aromatic rings. The van der Waals surface area contributed by atoms with E-state index in [9.17, 15) is 4.79 Å². The van der Waals surface area contributed by atoms with E-state index in [1.807, 2.05) is 26.0 Å². The van der Waals surface area contributed by atoms with Crippen molar-refractivity contribution >= 4 is 17.3 Å². The van der Waals surface area contributed by atoms with Crippen LogP contribution in [0.25, 0.3) is 0 Å². The Morgan fingerprint density at radius 1 is 1.46 bits per heavy atom. The lowest BCUT2D eigenvalue weighted by Crippen LogP contribution is -2.17. The van der Waals surface area contributed by atoms with Crippen LogP contribution in [0.15, 0.2) is 24.3 Å². The van der Waals surface area contributed by atoms with Crippen molar-refractivity contribution in [2.45, 2.75) is 13.8 Å². The quantitative estimate of drug-likeness (QED) is 0.679. The molecule has 3 nitrogen and oxygen atoms in total. The van der Waals surface area contributed by atoms with E-state index >= 15 is 0 Å². The van der Waals surface area contributed by atoms with Crippen molar-refractivity contribution in [3.63, 3.8) is 0 Å². The zero-order valence-electron chi connectivity index (χ0n) is 7.87. The van der Waals surface area contributed by atoms with Gasteiger partial charge in [0.1, 0.15) is 0 Å². The Bertz CT molecular complexity index is 308. The lowest BCUT2D eigenvalue weighted by molar-refractivity contribution is -0.118. The maximum Gasteiger partial charge on any atom is 0.226 e. The molecule has 0 unspecified atom stereocenters. The summed E-state index contributed by atoms with van der Waals surface area (Å²) in [5.41, 5.74) is 6.96. The molecular formula is C10H14N2O. The van der Waals surface area contributed by atoms with Crippen molar-refractivity contribution in [1.29, 1.82) is 0 Å². The van der Waals surface area contributed by atoms with Gasteiger partial charge in [-0.3, -0.25) is 4.79 Å². The van der Waals surface area contributed by atoms with Gasteiger partial charge >= 0.3 is 0 Å². The van der Waals surface area contributed by atoms with Gasteiger partial charge in [0, 0.05) is 17.3 Å². The van der Waals surface area contributed by atoms with Crippen molar-refractivity contribution in [1.82, 2.24) is 0 Å². The van der Waals surface area contributed by atoms with Gasteiger partial charge in [-0.1, -0.05) is 19.9 Å². The Labute approximate surface area is 77.9 Å². The van der Waals surface area contributed by atoms with Crippen molar-refractivity contribution in [2.75, 3.05) is 11.1 Å². The van der Waals surface area contributed by atoms with E-state index in [0.717, 1.165) is 5.69 Å². The maximum atomic E-state index is 11.3. The summed E-state index contributed by atoms with van der Waals surface area (Å²) in [5.74, 6) is -0.00738. The predicted molar refractivity (Wildman–Crippen MR) is 54.3 cm³/mol. The highest BCUT2D eigenvalue weighted by molar-refractivity contribution is 5.92. The van der Waals surface area contributed by atoms with E-state index in [-0.39, 0.29) is 11.8 Å². The van der Waals surface area contributed by atoms with E-state index < -0.39 is 0 Å². The summed E-state index contributed by atoms with van der Waals surface area (Å²) in [6.07, 6.45) is 0. The summed E-state index contributed by atoms with van der Waals surface area (Å²) in [5, 5.41) is 2.76. The molecule has 0 aliphatic carbocycles. The van der Waals surface area contributed by atoms with Crippen LogP contribution in [0.2, 0.25) is 0 Å². The minimum atomic E-state index is -0.0126. The molecule has 13 heavy (non-hydrogen) atoms. The van der Waals surface area contributed by atoms with Crippen LogP contribution in [0.4, 0.5) is 11.4 Å². The highest BCUT2D eigenvalue weighted by Gasteiger charge is 2.06. The Balaban J connectivity index is 2.69. The second kappa shape index (κ2) is 3.94. The molecule has 3 heteroatoms. The molecule has 0 aliphatic heterocycles. The first kappa shape index (κ1) is 9.58. The average molecular weight is 178 g/mol. The van der Waals surface area contributed by atoms with Gasteiger partial charge in [-0.2, -0.15) is 0 Å². The molecule has 0 aliphatic rings. The molecule has 1 rings (SSSR count). The number of rotatable bonds is 2. The van der Waals surface area contributed by atoms with E-state index in [2.05, 4.69) is 5.32 Å². The van der Waals surface area contributed by atoms with E-state index in [0.29, 0.717) is 5.69 Å². The van der Waals surface area contributed by atoms with Crippen LogP contribution < -0.4 is 11.1 Å². The first-order chi connectivity index (χ1) is 6.09. The van der Waals surface area contributed by atoms with Crippen molar-refractivity contribution in [3.05, 3.63) is 24.3 Å². The fourth-order valence-electron chi connectivity index (χ4n) is 0.903. The number of amides is 1. The first-order valence-electron chi connectivity index (χ1n) is 4.26. The first-order valence-corrected chi connectivity index (χ1v) is 4.26. The van der Waals surface area contributed by atoms with Gasteiger partial charge in [0.25, 0.3) is 0 Å². The van der Waals surface area contributed by atoms with Gasteiger partial charge in [0.15, 0.2) is 0 Å². The molecule has 0 bridgehead atoms. The van der Waals surface area contributed by atoms with Gasteiger partial charge in [-0.15, -0.1) is 0 Å². The molecule has 0 aromatic heterocycles. The molecule has 1 aromatic carbocycles. The molecule has 3 N–H and O–H groups in total. The lowest BCUT2D eigenvalue weighted by atomic mass is 10.2. The Morgan fingerprint density at radius 3 is 2.69 bits per heavy atom. The van der Waals surface area contributed by atoms with Gasteiger partial charge < -0.3 is 11.1 Å². The Kier molecular flexibility index (Phi) is 2.90. The summed E-state index contributed by atoms with van der Waals surface area (Å²) >= 11 is 0. The monoisotopic (exact) mass is 178 g/mol. The van der Waals surface area contributed by atoms with Crippen LogP contribution in [0.3, 0.4) is 0 Å². The number of benzene rings is 1. The summed E-state index contributed by atoms with van der Waals surface area (Å²) in [4.78, 5) is 11.3. The number of nitrogens with two attached hydrogens (primary N) is 1. The standard InChI is InChI=1S/C10H14N2O/c1-7(2)10(13)12-9-5-3-4-8(11)6-9/h3-7H,11H2,1-2H3,(H,12,13). The van der Waals surface area contributed by atoms with Crippen LogP contribution in [0.1, 0.15) is 13.8 Å². The third-order valence-corrected chi connectivity index (χ3v) is 1.68. The number of hydrogen-bond acceptors (Lipinski definition) is 2. The summed E-state index contributed by atoms with van der Waals surface area (Å²) in [7, 11) is 0. The van der Waals surface area contributed by atoms with Gasteiger partial charge in [-0.25, -0.2) is 0 Å². The van der Waals surface area contributed by atoms with Gasteiger partial charge in [0.2, 0.25) is 5.91 Å². The molecule has 70 valence electrons. The zero-order valence-corrected chi connectivity index (χ0v) is 7.87. The van der Waals surface area contributed by atoms with Crippen LogP contribution in [0, 0.1) is 5.92 Å². The van der Waals surface area contributed by atoms with Gasteiger partial charge in [0.05, 0.1) is 0 Å². The van der Waals surface area contributed by atoms with Gasteiger partial charge in [-0.05, 0) is 18.2 Å². The van der Waals surface area contributed by atoms with Crippen LogP contribution >= 0.6 is 0 Å². The normalized spacial score (nSPS) is 10.1. The number of hydrogen-bond donors (Lipinski definition) is 2. The van der Waals surface area contributed by atoms with Crippen LogP contribution in [0.5, 0.6) is 0 Å². The summed E-state index contributed by atoms with van der Waals surface area (Å²) in [6, 6.07) is 7.15. The number of nitrogen functional groups attached to an aromatic ring is 1. The minimum Gasteiger partial charge on any atom is -0.399 e. The number of carbonyl (C=O) groups is 1. The third-order valence-electron chi connectivity index (χ3n) is 1.68. The fourth-order valence-corrected chi connectivity index (χ4v) is 0.903. The molecule has 0 saturated carbocycles. The lowest BCUT2D eigenvalue weighted by Gasteiger charge is -2.07. The highest BCUT2D eigenvalue weighted by Crippen LogP contribution is 2.12. The topological polar surface area (TPSA) is 55.1 Å². The van der Waals surface area contributed by atoms with Crippen molar-refractivity contribution < 1.29 is 4.79 Å². The molecule has 0 atom stereocenters. The third kappa shape index (κ3) is 2.78. The predicted octanol–water partition coefficient (Wildman–Crippen LogP) is 1.86. The number of carbonyl (C=O) groups excluding carboxylic acids is 1. The molecule has 0 spiro atoms. The molecular weight excluding hydrogens is 164 g/mol. The Morgan fingerprint density at radius 2 is 2.15 bits per heavy atom. The molecule has 0 saturated heterocycles. The molecule has 0 radical (unpaired) electrons.